The molecule has 0 atom stereocenters. The molecule has 0 saturated carbocycles. The summed E-state index contributed by atoms with van der Waals surface area (Å²) >= 11 is 9.05. The van der Waals surface area contributed by atoms with Gasteiger partial charge in [0, 0.05) is 14.3 Å². The smallest absolute Gasteiger partial charge is 0.307 e. The quantitative estimate of drug-likeness (QED) is 0.119. The Labute approximate surface area is 227 Å². The molecular formula is C25H19Br2IN2O4. The molecule has 0 spiro atoms. The van der Waals surface area contributed by atoms with Crippen LogP contribution in [0.1, 0.15) is 28.6 Å². The van der Waals surface area contributed by atoms with Crippen molar-refractivity contribution < 1.29 is 18.7 Å². The lowest BCUT2D eigenvalue weighted by molar-refractivity contribution is 0.0929. The molecular weight excluding hydrogens is 679 g/mol. The summed E-state index contributed by atoms with van der Waals surface area (Å²) in [4.78, 5) is 12.4. The second-order valence-corrected chi connectivity index (χ2v) is 10.2. The molecule has 0 aliphatic rings. The maximum Gasteiger partial charge on any atom is 0.307 e. The fourth-order valence-electron chi connectivity index (χ4n) is 3.15. The molecule has 34 heavy (non-hydrogen) atoms. The number of furan rings is 1. The Kier molecular flexibility index (Phi) is 8.28. The van der Waals surface area contributed by atoms with Gasteiger partial charge in [0.2, 0.25) is 0 Å². The Morgan fingerprint density at radius 1 is 1.06 bits per heavy atom. The third-order valence-electron chi connectivity index (χ3n) is 4.71. The van der Waals surface area contributed by atoms with E-state index in [4.69, 9.17) is 13.9 Å². The molecule has 1 heterocycles. The number of amides is 1. The third-order valence-corrected chi connectivity index (χ3v) is 6.53. The lowest BCUT2D eigenvalue weighted by Gasteiger charge is -2.14. The number of hydrogen-bond donors (Lipinski definition) is 1. The highest BCUT2D eigenvalue weighted by Crippen LogP contribution is 2.34. The van der Waals surface area contributed by atoms with Crippen LogP contribution in [0.3, 0.4) is 0 Å². The first-order chi connectivity index (χ1) is 16.4. The van der Waals surface area contributed by atoms with E-state index in [1.165, 1.54) is 0 Å². The van der Waals surface area contributed by atoms with Crippen LogP contribution in [-0.2, 0) is 6.61 Å². The van der Waals surface area contributed by atoms with Crippen molar-refractivity contribution in [3.8, 4) is 11.5 Å². The van der Waals surface area contributed by atoms with Crippen LogP contribution >= 0.6 is 54.5 Å². The topological polar surface area (TPSA) is 73.1 Å². The van der Waals surface area contributed by atoms with Gasteiger partial charge in [0.25, 0.3) is 0 Å². The van der Waals surface area contributed by atoms with Crippen LogP contribution in [0.15, 0.2) is 79.1 Å². The Morgan fingerprint density at radius 2 is 1.82 bits per heavy atom. The summed E-state index contributed by atoms with van der Waals surface area (Å²) in [6, 6.07) is 18.9. The molecule has 0 fully saturated rings. The number of nitrogens with one attached hydrogen (secondary N) is 1. The molecule has 174 valence electrons. The van der Waals surface area contributed by atoms with Gasteiger partial charge in [0.15, 0.2) is 17.3 Å². The first-order valence-corrected chi connectivity index (χ1v) is 13.0. The Hall–Kier alpha value is -2.37. The molecule has 9 heteroatoms. The van der Waals surface area contributed by atoms with E-state index in [9.17, 15) is 4.79 Å². The van der Waals surface area contributed by atoms with Crippen molar-refractivity contribution in [2.24, 2.45) is 5.10 Å². The van der Waals surface area contributed by atoms with Gasteiger partial charge in [-0.05, 0) is 89.2 Å². The minimum absolute atomic E-state index is 0.187. The van der Waals surface area contributed by atoms with E-state index in [2.05, 4.69) is 65.0 Å². The molecule has 0 radical (unpaired) electrons. The van der Waals surface area contributed by atoms with Crippen molar-refractivity contribution in [3.05, 3.63) is 90.1 Å². The van der Waals surface area contributed by atoms with Gasteiger partial charge in [-0.25, -0.2) is 5.43 Å². The number of nitrogens with zero attached hydrogens (tertiary/aromatic N) is 1. The predicted molar refractivity (Wildman–Crippen MR) is 148 cm³/mol. The molecule has 0 saturated heterocycles. The van der Waals surface area contributed by atoms with Gasteiger partial charge in [0.05, 0.1) is 16.4 Å². The standard InChI is InChI=1S/C25H19Br2IN2O4/c1-2-32-22-10-16(9-20(28)24(22)33-14-15-3-5-18(26)6-4-15)13-29-30-25(31)23-12-17-11-19(27)7-8-21(17)34-23/h3-13H,2,14H2,1H3,(H,30,31)/b29-13+. The van der Waals surface area contributed by atoms with Gasteiger partial charge in [-0.2, -0.15) is 5.10 Å². The highest BCUT2D eigenvalue weighted by atomic mass is 127. The van der Waals surface area contributed by atoms with Gasteiger partial charge in [-0.1, -0.05) is 44.0 Å². The number of hydrazone groups is 1. The number of carbonyl (C=O) groups excluding carboxylic acids is 1. The van der Waals surface area contributed by atoms with Crippen LogP contribution in [0.5, 0.6) is 11.5 Å². The van der Waals surface area contributed by atoms with E-state index < -0.39 is 5.91 Å². The minimum Gasteiger partial charge on any atom is -0.490 e. The summed E-state index contributed by atoms with van der Waals surface area (Å²) in [7, 11) is 0. The Morgan fingerprint density at radius 3 is 2.59 bits per heavy atom. The van der Waals surface area contributed by atoms with E-state index >= 15 is 0 Å². The molecule has 0 aliphatic carbocycles. The number of benzene rings is 3. The summed E-state index contributed by atoms with van der Waals surface area (Å²) in [6.45, 7) is 2.82. The van der Waals surface area contributed by atoms with Crippen LogP contribution in [0.2, 0.25) is 0 Å². The first-order valence-electron chi connectivity index (χ1n) is 10.3. The van der Waals surface area contributed by atoms with Crippen molar-refractivity contribution in [3.63, 3.8) is 0 Å². The number of fused-ring (bicyclic) bond motifs is 1. The van der Waals surface area contributed by atoms with Crippen LogP contribution < -0.4 is 14.9 Å². The molecule has 0 bridgehead atoms. The number of rotatable bonds is 8. The second-order valence-electron chi connectivity index (χ2n) is 7.17. The monoisotopic (exact) mass is 696 g/mol. The van der Waals surface area contributed by atoms with Crippen molar-refractivity contribution in [1.29, 1.82) is 0 Å². The molecule has 1 N–H and O–H groups in total. The average molecular weight is 698 g/mol. The predicted octanol–water partition coefficient (Wildman–Crippen LogP) is 7.30. The van der Waals surface area contributed by atoms with E-state index in [1.807, 2.05) is 55.5 Å². The Bertz CT molecular complexity index is 1350. The summed E-state index contributed by atoms with van der Waals surface area (Å²) in [5.74, 6) is 1.03. The van der Waals surface area contributed by atoms with Crippen LogP contribution in [-0.4, -0.2) is 18.7 Å². The molecule has 0 unspecified atom stereocenters. The molecule has 4 aromatic rings. The highest BCUT2D eigenvalue weighted by Gasteiger charge is 2.14. The zero-order chi connectivity index (χ0) is 24.1. The maximum absolute atomic E-state index is 12.4. The summed E-state index contributed by atoms with van der Waals surface area (Å²) < 4.78 is 20.3. The molecule has 6 nitrogen and oxygen atoms in total. The van der Waals surface area contributed by atoms with Crippen molar-refractivity contribution >= 4 is 77.5 Å². The van der Waals surface area contributed by atoms with Gasteiger partial charge in [-0.15, -0.1) is 0 Å². The lowest BCUT2D eigenvalue weighted by Crippen LogP contribution is -2.16. The highest BCUT2D eigenvalue weighted by molar-refractivity contribution is 14.1. The van der Waals surface area contributed by atoms with E-state index in [1.54, 1.807) is 18.3 Å². The van der Waals surface area contributed by atoms with Gasteiger partial charge in [0.1, 0.15) is 12.2 Å². The van der Waals surface area contributed by atoms with E-state index in [0.29, 0.717) is 30.3 Å². The molecule has 3 aromatic carbocycles. The second kappa shape index (κ2) is 11.4. The lowest BCUT2D eigenvalue weighted by atomic mass is 10.2. The third kappa shape index (κ3) is 6.19. The number of hydrogen-bond acceptors (Lipinski definition) is 5. The minimum atomic E-state index is -0.433. The largest absolute Gasteiger partial charge is 0.490 e. The van der Waals surface area contributed by atoms with E-state index in [-0.39, 0.29) is 5.76 Å². The normalized spacial score (nSPS) is 11.2. The maximum atomic E-state index is 12.4. The van der Waals surface area contributed by atoms with Crippen LogP contribution in [0, 0.1) is 3.57 Å². The van der Waals surface area contributed by atoms with Gasteiger partial charge in [-0.3, -0.25) is 4.79 Å². The number of ether oxygens (including phenoxy) is 2. The zero-order valence-corrected chi connectivity index (χ0v) is 23.3. The fraction of sp³-hybridized carbons (Fsp3) is 0.120. The summed E-state index contributed by atoms with van der Waals surface area (Å²) in [5.41, 5.74) is 4.95. The number of halogens is 3. The summed E-state index contributed by atoms with van der Waals surface area (Å²) in [6.07, 6.45) is 1.56. The zero-order valence-electron chi connectivity index (χ0n) is 18.0. The Balaban J connectivity index is 1.46. The van der Waals surface area contributed by atoms with Crippen molar-refractivity contribution in [1.82, 2.24) is 5.43 Å². The molecule has 4 rings (SSSR count). The SMILES string of the molecule is CCOc1cc(/C=N/NC(=O)c2cc3cc(Br)ccc3o2)cc(I)c1OCc1ccc(Br)cc1. The summed E-state index contributed by atoms with van der Waals surface area (Å²) in [5, 5.41) is 4.91. The fourth-order valence-corrected chi connectivity index (χ4v) is 4.57. The van der Waals surface area contributed by atoms with Crippen LogP contribution in [0.4, 0.5) is 0 Å². The molecule has 1 amide bonds. The van der Waals surface area contributed by atoms with Crippen LogP contribution in [0.25, 0.3) is 11.0 Å². The number of carbonyl (C=O) groups is 1. The molecule has 1 aromatic heterocycles. The van der Waals surface area contributed by atoms with Crippen molar-refractivity contribution in [2.75, 3.05) is 6.61 Å². The average Bonchev–Trinajstić information content (AvgIpc) is 3.23. The van der Waals surface area contributed by atoms with E-state index in [0.717, 1.165) is 29.0 Å². The van der Waals surface area contributed by atoms with Gasteiger partial charge < -0.3 is 13.9 Å². The van der Waals surface area contributed by atoms with Crippen molar-refractivity contribution in [2.45, 2.75) is 13.5 Å². The molecule has 0 aliphatic heterocycles. The van der Waals surface area contributed by atoms with Gasteiger partial charge >= 0.3 is 5.91 Å². The first kappa shape index (κ1) is 24.7.